The number of carbonyl (C=O) groups is 4. The summed E-state index contributed by atoms with van der Waals surface area (Å²) >= 11 is 5.91. The second-order valence-corrected chi connectivity index (χ2v) is 7.02. The number of rotatable bonds is 10. The number of anilines is 1. The number of carbonyl (C=O) groups excluding carboxylic acids is 4. The summed E-state index contributed by atoms with van der Waals surface area (Å²) in [7, 11) is 2.94. The molecule has 3 N–H and O–H groups in total. The van der Waals surface area contributed by atoms with E-state index < -0.39 is 30.3 Å². The average Bonchev–Trinajstić information content (AvgIpc) is 2.81. The van der Waals surface area contributed by atoms with E-state index in [4.69, 9.17) is 25.8 Å². The number of hydrazine groups is 1. The highest BCUT2D eigenvalue weighted by molar-refractivity contribution is 6.33. The first-order valence-electron chi connectivity index (χ1n) is 9.85. The Morgan fingerprint density at radius 1 is 0.909 bits per heavy atom. The number of hydrogen-bond donors (Lipinski definition) is 3. The van der Waals surface area contributed by atoms with E-state index in [0.29, 0.717) is 17.2 Å². The van der Waals surface area contributed by atoms with Crippen molar-refractivity contribution in [3.63, 3.8) is 0 Å². The van der Waals surface area contributed by atoms with Gasteiger partial charge in [0.25, 0.3) is 11.8 Å². The maximum atomic E-state index is 12.1. The van der Waals surface area contributed by atoms with Gasteiger partial charge < -0.3 is 19.5 Å². The van der Waals surface area contributed by atoms with E-state index in [1.54, 1.807) is 36.4 Å². The molecule has 0 unspecified atom stereocenters. The summed E-state index contributed by atoms with van der Waals surface area (Å²) in [5.41, 5.74) is 5.08. The zero-order chi connectivity index (χ0) is 24.2. The van der Waals surface area contributed by atoms with Gasteiger partial charge >= 0.3 is 5.97 Å². The molecular weight excluding hydrogens is 454 g/mol. The van der Waals surface area contributed by atoms with Gasteiger partial charge in [0.1, 0.15) is 11.5 Å². The fraction of sp³-hybridized carbons (Fsp3) is 0.273. The molecule has 0 heterocycles. The number of nitrogens with one attached hydrogen (secondary N) is 3. The minimum Gasteiger partial charge on any atom is -0.497 e. The number of halogens is 1. The number of esters is 1. The smallest absolute Gasteiger partial charge is 0.306 e. The molecule has 3 amide bonds. The van der Waals surface area contributed by atoms with Crippen molar-refractivity contribution in [1.29, 1.82) is 0 Å². The number of ether oxygens (including phenoxy) is 3. The van der Waals surface area contributed by atoms with Gasteiger partial charge in [-0.15, -0.1) is 0 Å². The second-order valence-electron chi connectivity index (χ2n) is 6.61. The summed E-state index contributed by atoms with van der Waals surface area (Å²) in [6.07, 6.45) is 0.0463. The first kappa shape index (κ1) is 25.5. The SMILES string of the molecule is COc1ccc(OC)c(NC(=O)COC(=O)CCCC(=O)NNC(=O)c2ccccc2Cl)c1. The molecule has 0 saturated carbocycles. The van der Waals surface area contributed by atoms with Crippen LogP contribution in [0.2, 0.25) is 5.02 Å². The van der Waals surface area contributed by atoms with Crippen LogP contribution in [0.5, 0.6) is 11.5 Å². The van der Waals surface area contributed by atoms with Crippen molar-refractivity contribution < 1.29 is 33.4 Å². The molecule has 0 radical (unpaired) electrons. The third kappa shape index (κ3) is 8.34. The van der Waals surface area contributed by atoms with Crippen LogP contribution in [0.25, 0.3) is 0 Å². The molecule has 0 atom stereocenters. The van der Waals surface area contributed by atoms with Crippen molar-refractivity contribution in [3.05, 3.63) is 53.1 Å². The van der Waals surface area contributed by atoms with Crippen LogP contribution in [0, 0.1) is 0 Å². The Balaban J connectivity index is 1.67. The monoisotopic (exact) mass is 477 g/mol. The van der Waals surface area contributed by atoms with Gasteiger partial charge in [-0.05, 0) is 30.7 Å². The third-order valence-electron chi connectivity index (χ3n) is 4.26. The summed E-state index contributed by atoms with van der Waals surface area (Å²) in [5, 5.41) is 2.83. The molecular formula is C22H24ClN3O7. The zero-order valence-corrected chi connectivity index (χ0v) is 18.9. The molecule has 0 fully saturated rings. The van der Waals surface area contributed by atoms with Crippen LogP contribution in [-0.2, 0) is 19.1 Å². The Hall–Kier alpha value is -3.79. The lowest BCUT2D eigenvalue weighted by Gasteiger charge is -2.12. The lowest BCUT2D eigenvalue weighted by Crippen LogP contribution is -2.41. The second kappa shape index (κ2) is 12.9. The molecule has 0 aliphatic rings. The van der Waals surface area contributed by atoms with Crippen molar-refractivity contribution in [1.82, 2.24) is 10.9 Å². The lowest BCUT2D eigenvalue weighted by atomic mass is 10.2. The molecule has 0 bridgehead atoms. The van der Waals surface area contributed by atoms with Crippen LogP contribution >= 0.6 is 11.6 Å². The van der Waals surface area contributed by atoms with Crippen molar-refractivity contribution in [2.24, 2.45) is 0 Å². The predicted octanol–water partition coefficient (Wildman–Crippen LogP) is 2.47. The van der Waals surface area contributed by atoms with E-state index in [1.807, 2.05) is 0 Å². The molecule has 0 aliphatic carbocycles. The molecule has 11 heteroatoms. The van der Waals surface area contributed by atoms with Crippen LogP contribution in [0.15, 0.2) is 42.5 Å². The van der Waals surface area contributed by atoms with E-state index in [2.05, 4.69) is 16.2 Å². The average molecular weight is 478 g/mol. The Bertz CT molecular complexity index is 1010. The first-order chi connectivity index (χ1) is 15.8. The fourth-order valence-corrected chi connectivity index (χ4v) is 2.83. The van der Waals surface area contributed by atoms with Crippen LogP contribution in [-0.4, -0.2) is 44.5 Å². The summed E-state index contributed by atoms with van der Waals surface area (Å²) < 4.78 is 15.2. The van der Waals surface area contributed by atoms with Crippen LogP contribution in [0.3, 0.4) is 0 Å². The molecule has 0 aliphatic heterocycles. The van der Waals surface area contributed by atoms with Gasteiger partial charge in [0, 0.05) is 18.9 Å². The van der Waals surface area contributed by atoms with Crippen LogP contribution in [0.4, 0.5) is 5.69 Å². The highest BCUT2D eigenvalue weighted by Crippen LogP contribution is 2.28. The van der Waals surface area contributed by atoms with Gasteiger partial charge in [-0.3, -0.25) is 30.0 Å². The maximum absolute atomic E-state index is 12.1. The van der Waals surface area contributed by atoms with Gasteiger partial charge in [0.2, 0.25) is 5.91 Å². The van der Waals surface area contributed by atoms with Gasteiger partial charge in [0.05, 0.1) is 30.5 Å². The van der Waals surface area contributed by atoms with Gasteiger partial charge in [-0.2, -0.15) is 0 Å². The number of hydrogen-bond acceptors (Lipinski definition) is 7. The Kier molecular flexibility index (Phi) is 9.97. The first-order valence-corrected chi connectivity index (χ1v) is 10.2. The summed E-state index contributed by atoms with van der Waals surface area (Å²) in [6.45, 7) is -0.501. The summed E-state index contributed by atoms with van der Waals surface area (Å²) in [4.78, 5) is 47.7. The van der Waals surface area contributed by atoms with Crippen molar-refractivity contribution in [3.8, 4) is 11.5 Å². The molecule has 2 aromatic rings. The van der Waals surface area contributed by atoms with Crippen molar-refractivity contribution in [2.75, 3.05) is 26.1 Å². The quantitative estimate of drug-likeness (QED) is 0.353. The number of benzene rings is 2. The van der Waals surface area contributed by atoms with E-state index in [1.165, 1.54) is 20.3 Å². The lowest BCUT2D eigenvalue weighted by molar-refractivity contribution is -0.147. The van der Waals surface area contributed by atoms with Gasteiger partial charge in [-0.1, -0.05) is 23.7 Å². The molecule has 176 valence electrons. The Morgan fingerprint density at radius 3 is 2.36 bits per heavy atom. The Labute approximate surface area is 195 Å². The van der Waals surface area contributed by atoms with E-state index in [0.717, 1.165) is 0 Å². The van der Waals surface area contributed by atoms with Gasteiger partial charge in [0.15, 0.2) is 6.61 Å². The maximum Gasteiger partial charge on any atom is 0.306 e. The number of amides is 3. The zero-order valence-electron chi connectivity index (χ0n) is 18.1. The largest absolute Gasteiger partial charge is 0.497 e. The highest BCUT2D eigenvalue weighted by atomic mass is 35.5. The van der Waals surface area contributed by atoms with Crippen LogP contribution < -0.4 is 25.6 Å². The van der Waals surface area contributed by atoms with E-state index in [-0.39, 0.29) is 29.8 Å². The van der Waals surface area contributed by atoms with E-state index in [9.17, 15) is 19.2 Å². The normalized spacial score (nSPS) is 10.0. The fourth-order valence-electron chi connectivity index (χ4n) is 2.61. The Morgan fingerprint density at radius 2 is 1.67 bits per heavy atom. The molecule has 0 spiro atoms. The highest BCUT2D eigenvalue weighted by Gasteiger charge is 2.13. The predicted molar refractivity (Wildman–Crippen MR) is 120 cm³/mol. The van der Waals surface area contributed by atoms with E-state index >= 15 is 0 Å². The minimum absolute atomic E-state index is 0.0366. The number of methoxy groups -OCH3 is 2. The molecule has 2 rings (SSSR count). The summed E-state index contributed by atoms with van der Waals surface area (Å²) in [5.74, 6) is -1.32. The minimum atomic E-state index is -0.643. The molecule has 10 nitrogen and oxygen atoms in total. The standard InChI is InChI=1S/C22H24ClN3O7/c1-31-14-10-11-18(32-2)17(12-14)24-20(28)13-33-21(29)9-5-8-19(27)25-26-22(30)15-6-3-4-7-16(15)23/h3-4,6-7,10-12H,5,8-9,13H2,1-2H3,(H,24,28)(H,25,27)(H,26,30). The summed E-state index contributed by atoms with van der Waals surface area (Å²) in [6, 6.07) is 11.3. The van der Waals surface area contributed by atoms with Gasteiger partial charge in [-0.25, -0.2) is 0 Å². The molecule has 0 saturated heterocycles. The third-order valence-corrected chi connectivity index (χ3v) is 4.59. The molecule has 0 aromatic heterocycles. The molecule has 2 aromatic carbocycles. The van der Waals surface area contributed by atoms with Crippen molar-refractivity contribution in [2.45, 2.75) is 19.3 Å². The molecule has 33 heavy (non-hydrogen) atoms. The topological polar surface area (TPSA) is 132 Å². The van der Waals surface area contributed by atoms with Crippen LogP contribution in [0.1, 0.15) is 29.6 Å². The van der Waals surface area contributed by atoms with Crippen molar-refractivity contribution >= 4 is 41.0 Å².